The number of amides is 1. The Bertz CT molecular complexity index is 604. The molecule has 0 spiro atoms. The van der Waals surface area contributed by atoms with Gasteiger partial charge in [0, 0.05) is 6.20 Å². The summed E-state index contributed by atoms with van der Waals surface area (Å²) in [5.74, 6) is -0.122. The predicted octanol–water partition coefficient (Wildman–Crippen LogP) is 1.34. The lowest BCUT2D eigenvalue weighted by atomic mass is 10.1. The van der Waals surface area contributed by atoms with Gasteiger partial charge in [-0.1, -0.05) is 23.7 Å². The van der Waals surface area contributed by atoms with Gasteiger partial charge in [-0.25, -0.2) is 9.97 Å². The Morgan fingerprint density at radius 3 is 2.70 bits per heavy atom. The molecule has 104 valence electrons. The number of hydrogen-bond acceptors (Lipinski definition) is 5. The van der Waals surface area contributed by atoms with Gasteiger partial charge in [0.25, 0.3) is 0 Å². The molecule has 0 saturated carbocycles. The Morgan fingerprint density at radius 2 is 2.05 bits per heavy atom. The van der Waals surface area contributed by atoms with Gasteiger partial charge in [-0.05, 0) is 30.2 Å². The zero-order valence-electron chi connectivity index (χ0n) is 10.5. The van der Waals surface area contributed by atoms with Crippen LogP contribution in [0.4, 0.5) is 5.95 Å². The lowest BCUT2D eigenvalue weighted by Gasteiger charge is -2.11. The van der Waals surface area contributed by atoms with E-state index in [1.807, 2.05) is 0 Å². The van der Waals surface area contributed by atoms with Crippen LogP contribution in [0.1, 0.15) is 5.56 Å². The Kier molecular flexibility index (Phi) is 4.49. The minimum absolute atomic E-state index is 0.114. The molecule has 1 aromatic heterocycles. The van der Waals surface area contributed by atoms with E-state index in [1.165, 1.54) is 12.3 Å². The molecule has 0 aliphatic carbocycles. The highest BCUT2D eigenvalue weighted by Gasteiger charge is 2.15. The second-order valence-corrected chi connectivity index (χ2v) is 4.56. The van der Waals surface area contributed by atoms with Crippen LogP contribution >= 0.6 is 11.6 Å². The van der Waals surface area contributed by atoms with Crippen LogP contribution in [0.5, 0.6) is 5.75 Å². The fraction of sp³-hybridized carbons (Fsp3) is 0.154. The van der Waals surface area contributed by atoms with Crippen LogP contribution in [0, 0.1) is 0 Å². The Labute approximate surface area is 120 Å². The Morgan fingerprint density at radius 1 is 1.35 bits per heavy atom. The van der Waals surface area contributed by atoms with E-state index in [0.29, 0.717) is 6.42 Å². The van der Waals surface area contributed by atoms with E-state index in [-0.39, 0.29) is 16.9 Å². The SMILES string of the molecule is N[C@H](Cc1ccc(O)cc1)C(=O)Nc1nccc(Cl)n1. The molecule has 0 saturated heterocycles. The summed E-state index contributed by atoms with van der Waals surface area (Å²) in [4.78, 5) is 19.6. The lowest BCUT2D eigenvalue weighted by molar-refractivity contribution is -0.117. The second-order valence-electron chi connectivity index (χ2n) is 4.17. The molecule has 0 aliphatic rings. The Hall–Kier alpha value is -2.18. The molecular weight excluding hydrogens is 280 g/mol. The van der Waals surface area contributed by atoms with Crippen molar-refractivity contribution in [2.75, 3.05) is 5.32 Å². The Balaban J connectivity index is 1.96. The first-order chi connectivity index (χ1) is 9.54. The first-order valence-corrected chi connectivity index (χ1v) is 6.25. The summed E-state index contributed by atoms with van der Waals surface area (Å²) in [7, 11) is 0. The highest BCUT2D eigenvalue weighted by Crippen LogP contribution is 2.11. The van der Waals surface area contributed by atoms with E-state index < -0.39 is 11.9 Å². The van der Waals surface area contributed by atoms with Gasteiger partial charge in [0.05, 0.1) is 6.04 Å². The van der Waals surface area contributed by atoms with Crippen molar-refractivity contribution in [3.05, 3.63) is 47.2 Å². The summed E-state index contributed by atoms with van der Waals surface area (Å²) in [5.41, 5.74) is 6.65. The van der Waals surface area contributed by atoms with E-state index in [4.69, 9.17) is 17.3 Å². The molecule has 1 heterocycles. The fourth-order valence-electron chi connectivity index (χ4n) is 1.58. The third kappa shape index (κ3) is 3.91. The number of carbonyl (C=O) groups excluding carboxylic acids is 1. The number of phenolic OH excluding ortho intramolecular Hbond substituents is 1. The van der Waals surface area contributed by atoms with E-state index >= 15 is 0 Å². The monoisotopic (exact) mass is 292 g/mol. The first-order valence-electron chi connectivity index (χ1n) is 5.87. The summed E-state index contributed by atoms with van der Waals surface area (Å²) < 4.78 is 0. The van der Waals surface area contributed by atoms with Crippen molar-refractivity contribution in [1.82, 2.24) is 9.97 Å². The average molecular weight is 293 g/mol. The minimum Gasteiger partial charge on any atom is -0.508 e. The van der Waals surface area contributed by atoms with Crippen LogP contribution in [0.15, 0.2) is 36.5 Å². The van der Waals surface area contributed by atoms with E-state index in [9.17, 15) is 9.90 Å². The van der Waals surface area contributed by atoms with E-state index in [2.05, 4.69) is 15.3 Å². The highest BCUT2D eigenvalue weighted by molar-refractivity contribution is 6.29. The smallest absolute Gasteiger partial charge is 0.243 e. The predicted molar refractivity (Wildman–Crippen MR) is 75.5 cm³/mol. The number of hydrogen-bond donors (Lipinski definition) is 3. The molecule has 2 aromatic rings. The molecule has 0 unspecified atom stereocenters. The van der Waals surface area contributed by atoms with Gasteiger partial charge in [0.2, 0.25) is 11.9 Å². The molecular formula is C13H13ClN4O2. The van der Waals surface area contributed by atoms with Crippen LogP contribution in [0.2, 0.25) is 5.15 Å². The van der Waals surface area contributed by atoms with Crippen molar-refractivity contribution in [2.45, 2.75) is 12.5 Å². The molecule has 2 rings (SSSR count). The molecule has 0 bridgehead atoms. The zero-order valence-corrected chi connectivity index (χ0v) is 11.2. The molecule has 0 radical (unpaired) electrons. The molecule has 6 nitrogen and oxygen atoms in total. The van der Waals surface area contributed by atoms with Gasteiger partial charge in [-0.15, -0.1) is 0 Å². The number of anilines is 1. The standard InChI is InChI=1S/C13H13ClN4O2/c14-11-5-6-16-13(17-11)18-12(20)10(15)7-8-1-3-9(19)4-2-8/h1-6,10,19H,7,15H2,(H,16,17,18,20)/t10-/m1/s1. The van der Waals surface area contributed by atoms with Gasteiger partial charge < -0.3 is 10.8 Å². The van der Waals surface area contributed by atoms with Crippen molar-refractivity contribution in [3.63, 3.8) is 0 Å². The maximum atomic E-state index is 11.9. The van der Waals surface area contributed by atoms with Gasteiger partial charge in [-0.2, -0.15) is 0 Å². The van der Waals surface area contributed by atoms with Crippen LogP contribution in [0.3, 0.4) is 0 Å². The van der Waals surface area contributed by atoms with Crippen molar-refractivity contribution in [1.29, 1.82) is 0 Å². The topological polar surface area (TPSA) is 101 Å². The molecule has 7 heteroatoms. The van der Waals surface area contributed by atoms with Crippen molar-refractivity contribution in [2.24, 2.45) is 5.73 Å². The summed E-state index contributed by atoms with van der Waals surface area (Å²) in [6.45, 7) is 0. The molecule has 4 N–H and O–H groups in total. The molecule has 0 fully saturated rings. The van der Waals surface area contributed by atoms with Crippen LogP contribution < -0.4 is 11.1 Å². The molecule has 0 aliphatic heterocycles. The van der Waals surface area contributed by atoms with Gasteiger partial charge in [0.1, 0.15) is 10.9 Å². The number of benzene rings is 1. The third-order valence-corrected chi connectivity index (χ3v) is 2.80. The molecule has 1 amide bonds. The number of nitrogens with two attached hydrogens (primary N) is 1. The lowest BCUT2D eigenvalue weighted by Crippen LogP contribution is -2.37. The maximum Gasteiger partial charge on any atom is 0.243 e. The molecule has 1 atom stereocenters. The first kappa shape index (κ1) is 14.2. The number of nitrogens with zero attached hydrogens (tertiary/aromatic N) is 2. The number of nitrogens with one attached hydrogen (secondary N) is 1. The van der Waals surface area contributed by atoms with Gasteiger partial charge in [0.15, 0.2) is 0 Å². The van der Waals surface area contributed by atoms with Gasteiger partial charge >= 0.3 is 0 Å². The largest absolute Gasteiger partial charge is 0.508 e. The zero-order chi connectivity index (χ0) is 14.5. The summed E-state index contributed by atoms with van der Waals surface area (Å²) in [6.07, 6.45) is 1.78. The molecule has 20 heavy (non-hydrogen) atoms. The summed E-state index contributed by atoms with van der Waals surface area (Å²) in [5, 5.41) is 11.9. The number of carbonyl (C=O) groups is 1. The van der Waals surface area contributed by atoms with Crippen molar-refractivity contribution >= 4 is 23.5 Å². The quantitative estimate of drug-likeness (QED) is 0.738. The number of rotatable bonds is 4. The van der Waals surface area contributed by atoms with E-state index in [1.54, 1.807) is 24.3 Å². The maximum absolute atomic E-state index is 11.9. The van der Waals surface area contributed by atoms with Crippen LogP contribution in [-0.4, -0.2) is 27.0 Å². The number of aromatic nitrogens is 2. The minimum atomic E-state index is -0.748. The average Bonchev–Trinajstić information content (AvgIpc) is 2.41. The summed E-state index contributed by atoms with van der Waals surface area (Å²) in [6, 6.07) is 7.26. The second kappa shape index (κ2) is 6.31. The number of phenols is 1. The van der Waals surface area contributed by atoms with Crippen molar-refractivity contribution in [3.8, 4) is 5.75 Å². The normalized spacial score (nSPS) is 11.9. The third-order valence-electron chi connectivity index (χ3n) is 2.59. The fourth-order valence-corrected chi connectivity index (χ4v) is 1.71. The summed E-state index contributed by atoms with van der Waals surface area (Å²) >= 11 is 5.70. The van der Waals surface area contributed by atoms with Gasteiger partial charge in [-0.3, -0.25) is 10.1 Å². The van der Waals surface area contributed by atoms with Crippen LogP contribution in [-0.2, 0) is 11.2 Å². The van der Waals surface area contributed by atoms with E-state index in [0.717, 1.165) is 5.56 Å². The van der Waals surface area contributed by atoms with Crippen molar-refractivity contribution < 1.29 is 9.90 Å². The number of aromatic hydroxyl groups is 1. The highest BCUT2D eigenvalue weighted by atomic mass is 35.5. The molecule has 1 aromatic carbocycles. The number of halogens is 1. The van der Waals surface area contributed by atoms with Crippen LogP contribution in [0.25, 0.3) is 0 Å².